The van der Waals surface area contributed by atoms with Gasteiger partial charge in [-0.1, -0.05) is 91.8 Å². The normalized spacial score (nSPS) is 12.4. The van der Waals surface area contributed by atoms with E-state index in [1.807, 2.05) is 12.1 Å². The van der Waals surface area contributed by atoms with Crippen LogP contribution >= 0.6 is 0 Å². The molecule has 0 aromatic heterocycles. The summed E-state index contributed by atoms with van der Waals surface area (Å²) in [6, 6.07) is 20.9. The minimum atomic E-state index is -2.22. The topological polar surface area (TPSA) is 29.5 Å². The van der Waals surface area contributed by atoms with Gasteiger partial charge in [-0.2, -0.15) is 0 Å². The summed E-state index contributed by atoms with van der Waals surface area (Å²) >= 11 is 0. The molecule has 0 aliphatic carbocycles. The van der Waals surface area contributed by atoms with Crippen molar-refractivity contribution in [3.05, 3.63) is 60.7 Å². The van der Waals surface area contributed by atoms with Gasteiger partial charge in [0.2, 0.25) is 0 Å². The van der Waals surface area contributed by atoms with Crippen molar-refractivity contribution in [1.29, 1.82) is 0 Å². The molecule has 0 unspecified atom stereocenters. The Labute approximate surface area is 122 Å². The first-order valence-corrected chi connectivity index (χ1v) is 9.10. The van der Waals surface area contributed by atoms with Crippen molar-refractivity contribution in [3.63, 3.8) is 0 Å². The Bertz CT molecular complexity index is 492. The Morgan fingerprint density at radius 3 is 1.55 bits per heavy atom. The monoisotopic (exact) mass is 286 g/mol. The maximum atomic E-state index is 9.22. The van der Waals surface area contributed by atoms with E-state index in [0.717, 1.165) is 0 Å². The molecule has 0 saturated carbocycles. The second-order valence-corrected chi connectivity index (χ2v) is 10.9. The maximum Gasteiger partial charge on any atom is 0.154 e. The van der Waals surface area contributed by atoms with Gasteiger partial charge in [0, 0.05) is 0 Å². The summed E-state index contributed by atoms with van der Waals surface area (Å²) in [4.78, 5) is 4.70. The molecule has 2 nitrogen and oxygen atoms in total. The lowest BCUT2D eigenvalue weighted by Gasteiger charge is -2.42. The highest BCUT2D eigenvalue weighted by Crippen LogP contribution is 2.35. The third kappa shape index (κ3) is 2.57. The quantitative estimate of drug-likeness (QED) is 0.532. The van der Waals surface area contributed by atoms with E-state index in [-0.39, 0.29) is 5.04 Å². The lowest BCUT2D eigenvalue weighted by molar-refractivity contribution is -0.227. The van der Waals surface area contributed by atoms with E-state index in [1.54, 1.807) is 0 Å². The first-order valence-electron chi connectivity index (χ1n) is 6.90. The van der Waals surface area contributed by atoms with Crippen LogP contribution in [0.2, 0.25) is 5.04 Å². The fraction of sp³-hybridized carbons (Fsp3) is 0.294. The van der Waals surface area contributed by atoms with Crippen LogP contribution in [-0.2, 0) is 4.89 Å². The molecular formula is C17H22O2Si. The van der Waals surface area contributed by atoms with Gasteiger partial charge >= 0.3 is 0 Å². The van der Waals surface area contributed by atoms with Crippen molar-refractivity contribution < 1.29 is 10.1 Å². The summed E-state index contributed by atoms with van der Waals surface area (Å²) in [7, 11) is -2.22. The molecule has 0 radical (unpaired) electrons. The van der Waals surface area contributed by atoms with Gasteiger partial charge in [0.1, 0.15) is 0 Å². The van der Waals surface area contributed by atoms with E-state index in [4.69, 9.17) is 4.89 Å². The van der Waals surface area contributed by atoms with E-state index in [2.05, 4.69) is 69.3 Å². The molecule has 0 atom stereocenters. The second-order valence-electron chi connectivity index (χ2n) is 6.16. The zero-order chi connectivity index (χ0) is 14.6. The molecule has 106 valence electrons. The number of hydrogen-bond donors (Lipinski definition) is 1. The van der Waals surface area contributed by atoms with Crippen LogP contribution in [0, 0.1) is 0 Å². The Balaban J connectivity index is 2.70. The van der Waals surface area contributed by atoms with E-state index >= 15 is 0 Å². The predicted molar refractivity (Wildman–Crippen MR) is 86.2 cm³/mol. The number of hydrogen-bond acceptors (Lipinski definition) is 2. The summed E-state index contributed by atoms with van der Waals surface area (Å²) in [5.41, 5.74) is 0. The van der Waals surface area contributed by atoms with Crippen molar-refractivity contribution in [2.45, 2.75) is 25.8 Å². The highest BCUT2D eigenvalue weighted by Gasteiger charge is 2.48. The van der Waals surface area contributed by atoms with Gasteiger partial charge in [-0.3, -0.25) is 5.26 Å². The molecule has 20 heavy (non-hydrogen) atoms. The lowest BCUT2D eigenvalue weighted by Crippen LogP contribution is -2.67. The van der Waals surface area contributed by atoms with Crippen molar-refractivity contribution in [3.8, 4) is 0 Å². The highest BCUT2D eigenvalue weighted by atomic mass is 28.3. The first-order chi connectivity index (χ1) is 9.52. The summed E-state index contributed by atoms with van der Waals surface area (Å²) < 4.78 is 0. The van der Waals surface area contributed by atoms with Crippen LogP contribution in [0.15, 0.2) is 60.7 Å². The SMILES string of the molecule is CC(C)(C)[Si](COO)(c1ccccc1)c1ccccc1. The third-order valence-corrected chi connectivity index (χ3v) is 9.86. The molecule has 2 aromatic rings. The third-order valence-electron chi connectivity index (χ3n) is 4.09. The minimum Gasteiger partial charge on any atom is -0.252 e. The lowest BCUT2D eigenvalue weighted by atomic mass is 10.2. The van der Waals surface area contributed by atoms with Gasteiger partial charge in [-0.25, -0.2) is 4.89 Å². The van der Waals surface area contributed by atoms with Gasteiger partial charge in [0.25, 0.3) is 0 Å². The molecular weight excluding hydrogens is 264 g/mol. The molecule has 1 N–H and O–H groups in total. The highest BCUT2D eigenvalue weighted by molar-refractivity contribution is 7.04. The largest absolute Gasteiger partial charge is 0.252 e. The van der Waals surface area contributed by atoms with Gasteiger partial charge < -0.3 is 0 Å². The Morgan fingerprint density at radius 1 is 0.850 bits per heavy atom. The maximum absolute atomic E-state index is 9.22. The van der Waals surface area contributed by atoms with Gasteiger partial charge in [0.15, 0.2) is 8.07 Å². The zero-order valence-corrected chi connectivity index (χ0v) is 13.3. The molecule has 2 aromatic carbocycles. The molecule has 3 heteroatoms. The number of benzene rings is 2. The number of rotatable bonds is 4. The van der Waals surface area contributed by atoms with Crippen molar-refractivity contribution >= 4 is 18.4 Å². The van der Waals surface area contributed by atoms with Gasteiger partial charge in [-0.15, -0.1) is 0 Å². The molecule has 0 aliphatic heterocycles. The van der Waals surface area contributed by atoms with Crippen LogP contribution in [0.25, 0.3) is 0 Å². The summed E-state index contributed by atoms with van der Waals surface area (Å²) in [5, 5.41) is 11.8. The minimum absolute atomic E-state index is 0.0262. The first kappa shape index (κ1) is 15.0. The van der Waals surface area contributed by atoms with E-state index < -0.39 is 8.07 Å². The summed E-state index contributed by atoms with van der Waals surface area (Å²) in [5.74, 6) is 0. The van der Waals surface area contributed by atoms with Crippen LogP contribution in [-0.4, -0.2) is 19.6 Å². The van der Waals surface area contributed by atoms with Crippen LogP contribution < -0.4 is 10.4 Å². The summed E-state index contributed by atoms with van der Waals surface area (Å²) in [6.07, 6.45) is 0.366. The van der Waals surface area contributed by atoms with E-state index in [9.17, 15) is 5.26 Å². The van der Waals surface area contributed by atoms with Crippen molar-refractivity contribution in [2.24, 2.45) is 0 Å². The molecule has 0 aliphatic rings. The fourth-order valence-corrected chi connectivity index (χ4v) is 7.51. The van der Waals surface area contributed by atoms with Crippen LogP contribution in [0.3, 0.4) is 0 Å². The van der Waals surface area contributed by atoms with Crippen molar-refractivity contribution in [1.82, 2.24) is 0 Å². The molecule has 2 rings (SSSR count). The standard InChI is InChI=1S/C17H22O2Si/c1-17(2,3)20(14-19-18,15-10-6-4-7-11-15)16-12-8-5-9-13-16/h4-13,18H,14H2,1-3H3. The fourth-order valence-electron chi connectivity index (χ4n) is 2.96. The second kappa shape index (κ2) is 5.91. The molecule has 0 spiro atoms. The van der Waals surface area contributed by atoms with Crippen LogP contribution in [0.5, 0.6) is 0 Å². The van der Waals surface area contributed by atoms with E-state index in [1.165, 1.54) is 10.4 Å². The predicted octanol–water partition coefficient (Wildman–Crippen LogP) is 3.08. The van der Waals surface area contributed by atoms with Crippen LogP contribution in [0.4, 0.5) is 0 Å². The Hall–Kier alpha value is -1.42. The van der Waals surface area contributed by atoms with Gasteiger partial charge in [-0.05, 0) is 5.04 Å². The molecule has 0 fully saturated rings. The summed E-state index contributed by atoms with van der Waals surface area (Å²) in [6.45, 7) is 6.70. The average molecular weight is 286 g/mol. The average Bonchev–Trinajstić information content (AvgIpc) is 2.45. The molecule has 0 saturated heterocycles. The Morgan fingerprint density at radius 2 is 1.25 bits per heavy atom. The zero-order valence-electron chi connectivity index (χ0n) is 12.3. The van der Waals surface area contributed by atoms with Gasteiger partial charge in [0.05, 0.1) is 6.23 Å². The van der Waals surface area contributed by atoms with Crippen molar-refractivity contribution in [2.75, 3.05) is 6.23 Å². The molecule has 0 amide bonds. The van der Waals surface area contributed by atoms with E-state index in [0.29, 0.717) is 6.23 Å². The molecule has 0 bridgehead atoms. The smallest absolute Gasteiger partial charge is 0.154 e. The molecule has 0 heterocycles. The van der Waals surface area contributed by atoms with Crippen LogP contribution in [0.1, 0.15) is 20.8 Å². The Kier molecular flexibility index (Phi) is 4.43.